The van der Waals surface area contributed by atoms with Crippen LogP contribution in [0.25, 0.3) is 6.08 Å². The van der Waals surface area contributed by atoms with E-state index >= 15 is 0 Å². The van der Waals surface area contributed by atoms with Gasteiger partial charge in [-0.25, -0.2) is 4.79 Å². The Balaban J connectivity index is 2.71. The average Bonchev–Trinajstić information content (AvgIpc) is 2.56. The molecule has 0 saturated heterocycles. The van der Waals surface area contributed by atoms with Gasteiger partial charge < -0.3 is 10.1 Å². The minimum atomic E-state index is -0.620. The van der Waals surface area contributed by atoms with Gasteiger partial charge in [-0.2, -0.15) is 0 Å². The molecule has 1 N–H and O–H groups in total. The van der Waals surface area contributed by atoms with Crippen molar-refractivity contribution in [2.45, 2.75) is 46.1 Å². The lowest BCUT2D eigenvalue weighted by Crippen LogP contribution is -2.45. The van der Waals surface area contributed by atoms with E-state index in [1.807, 2.05) is 26.0 Å². The summed E-state index contributed by atoms with van der Waals surface area (Å²) in [5.41, 5.74) is 2.21. The second-order valence-corrected chi connectivity index (χ2v) is 6.05. The third kappa shape index (κ3) is 5.89. The molecule has 4 heteroatoms. The normalized spacial score (nSPS) is 13.8. The van der Waals surface area contributed by atoms with E-state index in [4.69, 9.17) is 4.74 Å². The molecule has 0 unspecified atom stereocenters. The molecule has 23 heavy (non-hydrogen) atoms. The topological polar surface area (TPSA) is 55.4 Å². The first-order chi connectivity index (χ1) is 10.9. The smallest absolute Gasteiger partial charge is 0.328 e. The molecule has 0 aliphatic rings. The quantitative estimate of drug-likeness (QED) is 0.618. The third-order valence-corrected chi connectivity index (χ3v) is 4.00. The summed E-state index contributed by atoms with van der Waals surface area (Å²) in [7, 11) is 1.33. The number of nitrogens with one attached hydrogen (secondary N) is 1. The van der Waals surface area contributed by atoms with Crippen LogP contribution in [0.3, 0.4) is 0 Å². The second kappa shape index (κ2) is 9.13. The highest BCUT2D eigenvalue weighted by Gasteiger charge is 2.25. The van der Waals surface area contributed by atoms with Crippen LogP contribution in [-0.2, 0) is 14.3 Å². The number of carbonyl (C=O) groups is 2. The fourth-order valence-electron chi connectivity index (χ4n) is 2.16. The highest BCUT2D eigenvalue weighted by Crippen LogP contribution is 2.15. The van der Waals surface area contributed by atoms with Crippen molar-refractivity contribution in [3.8, 4) is 0 Å². The van der Waals surface area contributed by atoms with Crippen molar-refractivity contribution < 1.29 is 14.3 Å². The van der Waals surface area contributed by atoms with Gasteiger partial charge in [-0.3, -0.25) is 4.79 Å². The van der Waals surface area contributed by atoms with Gasteiger partial charge in [0, 0.05) is 6.08 Å². The Labute approximate surface area is 138 Å². The lowest BCUT2D eigenvalue weighted by Gasteiger charge is -2.20. The molecule has 1 amide bonds. The maximum Gasteiger partial charge on any atom is 0.328 e. The van der Waals surface area contributed by atoms with Gasteiger partial charge in [-0.15, -0.1) is 0 Å². The minimum absolute atomic E-state index is 0.0186. The van der Waals surface area contributed by atoms with Gasteiger partial charge in [-0.05, 0) is 29.0 Å². The van der Waals surface area contributed by atoms with Crippen LogP contribution in [0.15, 0.2) is 30.3 Å². The summed E-state index contributed by atoms with van der Waals surface area (Å²) in [6, 6.07) is 7.44. The van der Waals surface area contributed by atoms with Gasteiger partial charge in [0.05, 0.1) is 7.11 Å². The van der Waals surface area contributed by atoms with Crippen LogP contribution < -0.4 is 5.32 Å². The van der Waals surface area contributed by atoms with E-state index < -0.39 is 12.0 Å². The van der Waals surface area contributed by atoms with E-state index in [9.17, 15) is 9.59 Å². The molecule has 1 aromatic carbocycles. The molecule has 0 fully saturated rings. The van der Waals surface area contributed by atoms with Crippen LogP contribution in [0.2, 0.25) is 0 Å². The molecule has 4 nitrogen and oxygen atoms in total. The molecule has 1 aromatic rings. The summed E-state index contributed by atoms with van der Waals surface area (Å²) in [4.78, 5) is 23.8. The van der Waals surface area contributed by atoms with E-state index in [0.29, 0.717) is 5.92 Å². The SMILES string of the molecule is CC[C@H](C)[C@H](NC(=O)/C=C/c1ccc(C(C)C)cc1)C(=O)OC. The van der Waals surface area contributed by atoms with Crippen molar-refractivity contribution in [1.82, 2.24) is 5.32 Å². The van der Waals surface area contributed by atoms with Crippen molar-refractivity contribution >= 4 is 18.0 Å². The number of amides is 1. The molecule has 0 radical (unpaired) electrons. The summed E-state index contributed by atoms with van der Waals surface area (Å²) >= 11 is 0. The van der Waals surface area contributed by atoms with Gasteiger partial charge in [-0.1, -0.05) is 58.4 Å². The van der Waals surface area contributed by atoms with Crippen molar-refractivity contribution in [2.24, 2.45) is 5.92 Å². The Bertz CT molecular complexity index is 546. The Morgan fingerprint density at radius 1 is 1.17 bits per heavy atom. The van der Waals surface area contributed by atoms with E-state index in [2.05, 4.69) is 31.3 Å². The fourth-order valence-corrected chi connectivity index (χ4v) is 2.16. The summed E-state index contributed by atoms with van der Waals surface area (Å²) in [5.74, 6) is -0.214. The Kier molecular flexibility index (Phi) is 7.52. The largest absolute Gasteiger partial charge is 0.467 e. The number of methoxy groups -OCH3 is 1. The highest BCUT2D eigenvalue weighted by molar-refractivity contribution is 5.94. The molecule has 0 bridgehead atoms. The zero-order valence-electron chi connectivity index (χ0n) is 14.6. The first-order valence-corrected chi connectivity index (χ1v) is 8.05. The first kappa shape index (κ1) is 18.9. The summed E-state index contributed by atoms with van der Waals surface area (Å²) in [6.07, 6.45) is 3.97. The number of ether oxygens (including phenoxy) is 1. The zero-order chi connectivity index (χ0) is 17.4. The fraction of sp³-hybridized carbons (Fsp3) is 0.474. The molecule has 2 atom stereocenters. The monoisotopic (exact) mass is 317 g/mol. The van der Waals surface area contributed by atoms with E-state index in [1.54, 1.807) is 6.08 Å². The van der Waals surface area contributed by atoms with Crippen molar-refractivity contribution in [1.29, 1.82) is 0 Å². The lowest BCUT2D eigenvalue weighted by atomic mass is 9.99. The van der Waals surface area contributed by atoms with Crippen molar-refractivity contribution in [3.05, 3.63) is 41.5 Å². The maximum absolute atomic E-state index is 12.0. The van der Waals surface area contributed by atoms with Crippen LogP contribution >= 0.6 is 0 Å². The number of esters is 1. The number of rotatable bonds is 7. The van der Waals surface area contributed by atoms with Crippen molar-refractivity contribution in [2.75, 3.05) is 7.11 Å². The van der Waals surface area contributed by atoms with Crippen LogP contribution in [0.4, 0.5) is 0 Å². The van der Waals surface area contributed by atoms with Crippen LogP contribution in [-0.4, -0.2) is 25.0 Å². The van der Waals surface area contributed by atoms with Crippen LogP contribution in [0, 0.1) is 5.92 Å². The molecule has 0 saturated carbocycles. The predicted molar refractivity (Wildman–Crippen MR) is 93.0 cm³/mol. The van der Waals surface area contributed by atoms with Crippen molar-refractivity contribution in [3.63, 3.8) is 0 Å². The second-order valence-electron chi connectivity index (χ2n) is 6.05. The molecular weight excluding hydrogens is 290 g/mol. The molecule has 0 heterocycles. The van der Waals surface area contributed by atoms with Gasteiger partial charge in [0.15, 0.2) is 0 Å². The summed E-state index contributed by atoms with van der Waals surface area (Å²) < 4.78 is 4.76. The summed E-state index contributed by atoms with van der Waals surface area (Å²) in [6.45, 7) is 8.16. The summed E-state index contributed by atoms with van der Waals surface area (Å²) in [5, 5.41) is 2.72. The first-order valence-electron chi connectivity index (χ1n) is 8.05. The molecule has 1 rings (SSSR count). The lowest BCUT2D eigenvalue weighted by molar-refractivity contribution is -0.146. The minimum Gasteiger partial charge on any atom is -0.467 e. The average molecular weight is 317 g/mol. The van der Waals surface area contributed by atoms with Crippen LogP contribution in [0.1, 0.15) is 51.2 Å². The molecular formula is C19H27NO3. The maximum atomic E-state index is 12.0. The molecule has 0 aliphatic heterocycles. The Hall–Kier alpha value is -2.10. The van der Waals surface area contributed by atoms with Crippen LogP contribution in [0.5, 0.6) is 0 Å². The molecule has 126 valence electrons. The van der Waals surface area contributed by atoms with Gasteiger partial charge in [0.25, 0.3) is 0 Å². The molecule has 0 aliphatic carbocycles. The Morgan fingerprint density at radius 2 is 1.78 bits per heavy atom. The van der Waals surface area contributed by atoms with E-state index in [1.165, 1.54) is 18.7 Å². The standard InChI is InChI=1S/C19H27NO3/c1-6-14(4)18(19(22)23-5)20-17(21)12-9-15-7-10-16(11-8-15)13(2)3/h7-14,18H,6H2,1-5H3,(H,20,21)/b12-9+/t14-,18-/m0/s1. The van der Waals surface area contributed by atoms with Gasteiger partial charge >= 0.3 is 5.97 Å². The van der Waals surface area contributed by atoms with Gasteiger partial charge in [0.1, 0.15) is 6.04 Å². The van der Waals surface area contributed by atoms with Gasteiger partial charge in [0.2, 0.25) is 5.91 Å². The zero-order valence-corrected chi connectivity index (χ0v) is 14.6. The third-order valence-electron chi connectivity index (χ3n) is 4.00. The number of hydrogen-bond acceptors (Lipinski definition) is 3. The van der Waals surface area contributed by atoms with E-state index in [0.717, 1.165) is 12.0 Å². The number of hydrogen-bond donors (Lipinski definition) is 1. The molecule has 0 aromatic heterocycles. The highest BCUT2D eigenvalue weighted by atomic mass is 16.5. The number of benzene rings is 1. The molecule has 0 spiro atoms. The Morgan fingerprint density at radius 3 is 2.26 bits per heavy atom. The van der Waals surface area contributed by atoms with E-state index in [-0.39, 0.29) is 11.8 Å². The predicted octanol–water partition coefficient (Wildman–Crippen LogP) is 3.53. The number of carbonyl (C=O) groups excluding carboxylic acids is 2.